The summed E-state index contributed by atoms with van der Waals surface area (Å²) in [5, 5.41) is 8.80. The summed E-state index contributed by atoms with van der Waals surface area (Å²) in [7, 11) is 2.15. The molecule has 1 atom stereocenters. The fraction of sp³-hybridized carbons (Fsp3) is 0.562. The largest absolute Gasteiger partial charge is 0.481 e. The van der Waals surface area contributed by atoms with Crippen LogP contribution in [0.3, 0.4) is 0 Å². The molecule has 1 saturated heterocycles. The summed E-state index contributed by atoms with van der Waals surface area (Å²) in [6.07, 6.45) is 2.93. The van der Waals surface area contributed by atoms with Crippen LogP contribution in [-0.4, -0.2) is 36.1 Å². The third kappa shape index (κ3) is 3.81. The van der Waals surface area contributed by atoms with Crippen LogP contribution in [0.15, 0.2) is 24.3 Å². The molecule has 4 heteroatoms. The zero-order valence-corrected chi connectivity index (χ0v) is 12.1. The van der Waals surface area contributed by atoms with Gasteiger partial charge in [-0.15, -0.1) is 0 Å². The Balaban J connectivity index is 2.11. The molecule has 1 aliphatic rings. The molecule has 4 nitrogen and oxygen atoms in total. The van der Waals surface area contributed by atoms with Crippen molar-refractivity contribution in [3.63, 3.8) is 0 Å². The fourth-order valence-electron chi connectivity index (χ4n) is 2.97. The number of aliphatic carboxylic acids is 1. The lowest BCUT2D eigenvalue weighted by molar-refractivity contribution is -0.137. The highest BCUT2D eigenvalue weighted by Crippen LogP contribution is 2.33. The van der Waals surface area contributed by atoms with Crippen LogP contribution in [0.25, 0.3) is 0 Å². The van der Waals surface area contributed by atoms with Crippen LogP contribution in [0.4, 0.5) is 0 Å². The van der Waals surface area contributed by atoms with Crippen LogP contribution in [0.1, 0.15) is 48.8 Å². The highest BCUT2D eigenvalue weighted by Gasteiger charge is 2.22. The lowest BCUT2D eigenvalue weighted by atomic mass is 9.84. The minimum atomic E-state index is -0.780. The van der Waals surface area contributed by atoms with Gasteiger partial charge < -0.3 is 15.7 Å². The first-order valence-electron chi connectivity index (χ1n) is 7.32. The molecule has 1 aliphatic heterocycles. The maximum Gasteiger partial charge on any atom is 0.303 e. The van der Waals surface area contributed by atoms with E-state index in [1.807, 2.05) is 6.07 Å². The molecular formula is C16H24N2O2. The Kier molecular flexibility index (Phi) is 5.15. The molecular weight excluding hydrogens is 252 g/mol. The number of rotatable bonds is 5. The topological polar surface area (TPSA) is 66.6 Å². The first-order chi connectivity index (χ1) is 9.58. The van der Waals surface area contributed by atoms with Gasteiger partial charge in [0.15, 0.2) is 0 Å². The molecule has 0 radical (unpaired) electrons. The van der Waals surface area contributed by atoms with Crippen molar-refractivity contribution in [1.29, 1.82) is 0 Å². The van der Waals surface area contributed by atoms with Crippen molar-refractivity contribution < 1.29 is 9.90 Å². The highest BCUT2D eigenvalue weighted by atomic mass is 16.4. The number of hydrogen-bond donors (Lipinski definition) is 2. The number of likely N-dealkylation sites (tertiary alicyclic amines) is 1. The highest BCUT2D eigenvalue weighted by molar-refractivity contribution is 5.66. The van der Waals surface area contributed by atoms with Gasteiger partial charge in [-0.3, -0.25) is 4.79 Å². The van der Waals surface area contributed by atoms with Gasteiger partial charge in [0, 0.05) is 12.5 Å². The molecule has 0 aliphatic carbocycles. The van der Waals surface area contributed by atoms with Gasteiger partial charge in [0.1, 0.15) is 0 Å². The Morgan fingerprint density at radius 2 is 2.05 bits per heavy atom. The molecule has 0 bridgehead atoms. The molecule has 20 heavy (non-hydrogen) atoms. The van der Waals surface area contributed by atoms with E-state index >= 15 is 0 Å². The predicted octanol–water partition coefficient (Wildman–Crippen LogP) is 2.36. The average molecular weight is 276 g/mol. The first-order valence-corrected chi connectivity index (χ1v) is 7.32. The van der Waals surface area contributed by atoms with E-state index < -0.39 is 5.97 Å². The van der Waals surface area contributed by atoms with Gasteiger partial charge >= 0.3 is 5.97 Å². The molecule has 1 fully saturated rings. The fourth-order valence-corrected chi connectivity index (χ4v) is 2.97. The lowest BCUT2D eigenvalue weighted by Crippen LogP contribution is -2.30. The van der Waals surface area contributed by atoms with Crippen LogP contribution >= 0.6 is 0 Å². The minimum Gasteiger partial charge on any atom is -0.481 e. The van der Waals surface area contributed by atoms with Crippen molar-refractivity contribution >= 4 is 5.97 Å². The summed E-state index contributed by atoms with van der Waals surface area (Å²) in [6.45, 7) is 2.23. The Morgan fingerprint density at radius 1 is 1.40 bits per heavy atom. The molecule has 1 aromatic rings. The van der Waals surface area contributed by atoms with Gasteiger partial charge in [0.05, 0.1) is 0 Å². The predicted molar refractivity (Wildman–Crippen MR) is 79.7 cm³/mol. The van der Waals surface area contributed by atoms with Crippen LogP contribution in [0, 0.1) is 0 Å². The molecule has 0 amide bonds. The molecule has 0 saturated carbocycles. The number of carboxylic acids is 1. The minimum absolute atomic E-state index is 0.128. The van der Waals surface area contributed by atoms with E-state index in [2.05, 4.69) is 30.1 Å². The number of hydrogen-bond acceptors (Lipinski definition) is 3. The summed E-state index contributed by atoms with van der Waals surface area (Å²) in [4.78, 5) is 13.0. The van der Waals surface area contributed by atoms with Crippen molar-refractivity contribution in [3.05, 3.63) is 35.4 Å². The third-order valence-electron chi connectivity index (χ3n) is 4.22. The van der Waals surface area contributed by atoms with Gasteiger partial charge in [0.25, 0.3) is 0 Å². The van der Waals surface area contributed by atoms with Crippen molar-refractivity contribution in [2.75, 3.05) is 20.1 Å². The second-order valence-corrected chi connectivity index (χ2v) is 5.75. The van der Waals surface area contributed by atoms with Crippen molar-refractivity contribution in [1.82, 2.24) is 4.90 Å². The Bertz CT molecular complexity index is 454. The number of carboxylic acid groups (broad SMARTS) is 1. The maximum absolute atomic E-state index is 10.7. The second kappa shape index (κ2) is 6.86. The summed E-state index contributed by atoms with van der Waals surface area (Å²) >= 11 is 0. The van der Waals surface area contributed by atoms with Crippen LogP contribution < -0.4 is 5.73 Å². The molecule has 1 heterocycles. The lowest BCUT2D eigenvalue weighted by Gasteiger charge is -2.31. The number of nitrogens with zero attached hydrogens (tertiary/aromatic N) is 1. The standard InChI is InChI=1S/C16H24N2O2/c1-18-10-8-12(9-11-18)13-4-2-3-5-14(13)15(17)6-7-16(19)20/h2-5,12,15H,6-11,17H2,1H3,(H,19,20). The van der Waals surface area contributed by atoms with E-state index in [0.717, 1.165) is 31.5 Å². The van der Waals surface area contributed by atoms with E-state index in [9.17, 15) is 4.79 Å². The van der Waals surface area contributed by atoms with E-state index in [1.165, 1.54) is 5.56 Å². The van der Waals surface area contributed by atoms with Gasteiger partial charge in [0.2, 0.25) is 0 Å². The van der Waals surface area contributed by atoms with Gasteiger partial charge in [-0.1, -0.05) is 24.3 Å². The monoisotopic (exact) mass is 276 g/mol. The quantitative estimate of drug-likeness (QED) is 0.866. The number of carbonyl (C=O) groups is 1. The molecule has 1 aromatic carbocycles. The van der Waals surface area contributed by atoms with Crippen molar-refractivity contribution in [2.24, 2.45) is 5.73 Å². The average Bonchev–Trinajstić information content (AvgIpc) is 2.45. The summed E-state index contributed by atoms with van der Waals surface area (Å²) in [5.74, 6) is -0.226. The Hall–Kier alpha value is -1.39. The van der Waals surface area contributed by atoms with Crippen molar-refractivity contribution in [2.45, 2.75) is 37.6 Å². The third-order valence-corrected chi connectivity index (χ3v) is 4.22. The molecule has 0 spiro atoms. The van der Waals surface area contributed by atoms with Gasteiger partial charge in [-0.2, -0.15) is 0 Å². The number of piperidine rings is 1. The SMILES string of the molecule is CN1CCC(c2ccccc2C(N)CCC(=O)O)CC1. The molecule has 3 N–H and O–H groups in total. The summed E-state index contributed by atoms with van der Waals surface area (Å²) in [6, 6.07) is 8.09. The molecule has 0 aromatic heterocycles. The van der Waals surface area contributed by atoms with Gasteiger partial charge in [-0.25, -0.2) is 0 Å². The molecule has 110 valence electrons. The molecule has 1 unspecified atom stereocenters. The number of benzene rings is 1. The zero-order chi connectivity index (χ0) is 14.5. The van der Waals surface area contributed by atoms with Crippen LogP contribution in [-0.2, 0) is 4.79 Å². The second-order valence-electron chi connectivity index (χ2n) is 5.75. The van der Waals surface area contributed by atoms with E-state index in [0.29, 0.717) is 12.3 Å². The normalized spacial score (nSPS) is 18.9. The van der Waals surface area contributed by atoms with Gasteiger partial charge in [-0.05, 0) is 56.4 Å². The van der Waals surface area contributed by atoms with E-state index in [1.54, 1.807) is 0 Å². The Morgan fingerprint density at radius 3 is 2.70 bits per heavy atom. The Labute approximate surface area is 120 Å². The smallest absolute Gasteiger partial charge is 0.303 e. The first kappa shape index (κ1) is 15.0. The summed E-state index contributed by atoms with van der Waals surface area (Å²) in [5.41, 5.74) is 8.65. The van der Waals surface area contributed by atoms with E-state index in [4.69, 9.17) is 10.8 Å². The molecule has 2 rings (SSSR count). The summed E-state index contributed by atoms with van der Waals surface area (Å²) < 4.78 is 0. The van der Waals surface area contributed by atoms with Crippen LogP contribution in [0.2, 0.25) is 0 Å². The van der Waals surface area contributed by atoms with Crippen molar-refractivity contribution in [3.8, 4) is 0 Å². The zero-order valence-electron chi connectivity index (χ0n) is 12.1. The van der Waals surface area contributed by atoms with Crippen LogP contribution in [0.5, 0.6) is 0 Å². The number of nitrogens with two attached hydrogens (primary N) is 1. The van der Waals surface area contributed by atoms with E-state index in [-0.39, 0.29) is 12.5 Å². The maximum atomic E-state index is 10.7.